The summed E-state index contributed by atoms with van der Waals surface area (Å²) in [6.07, 6.45) is 3.48. The van der Waals surface area contributed by atoms with Crippen molar-refractivity contribution in [2.45, 2.75) is 23.5 Å². The van der Waals surface area contributed by atoms with E-state index in [1.165, 1.54) is 30.2 Å². The van der Waals surface area contributed by atoms with Gasteiger partial charge in [0.15, 0.2) is 0 Å². The number of fused-ring (bicyclic) bond motifs is 1. The fraction of sp³-hybridized carbons (Fsp3) is 0.231. The minimum atomic E-state index is -0.895. The van der Waals surface area contributed by atoms with Gasteiger partial charge in [0.2, 0.25) is 0 Å². The SMILES string of the molecule is CCC(Sc1ccc([N+](=O)[O-])c2ccncc12)C(=O)O. The highest BCUT2D eigenvalue weighted by Gasteiger charge is 2.20. The molecule has 0 radical (unpaired) electrons. The summed E-state index contributed by atoms with van der Waals surface area (Å²) < 4.78 is 0. The fourth-order valence-corrected chi connectivity index (χ4v) is 2.88. The van der Waals surface area contributed by atoms with Crippen LogP contribution < -0.4 is 0 Å². The predicted molar refractivity (Wildman–Crippen MR) is 76.0 cm³/mol. The molecule has 0 saturated heterocycles. The molecule has 1 unspecified atom stereocenters. The maximum Gasteiger partial charge on any atom is 0.316 e. The molecule has 0 amide bonds. The molecule has 1 N–H and O–H groups in total. The van der Waals surface area contributed by atoms with Crippen molar-refractivity contribution in [3.05, 3.63) is 40.7 Å². The Kier molecular flexibility index (Phi) is 4.19. The van der Waals surface area contributed by atoms with E-state index >= 15 is 0 Å². The molecule has 6 nitrogen and oxygen atoms in total. The van der Waals surface area contributed by atoms with Crippen LogP contribution in [0.25, 0.3) is 10.8 Å². The summed E-state index contributed by atoms with van der Waals surface area (Å²) >= 11 is 1.18. The molecule has 20 heavy (non-hydrogen) atoms. The first kappa shape index (κ1) is 14.3. The van der Waals surface area contributed by atoms with E-state index in [-0.39, 0.29) is 5.69 Å². The monoisotopic (exact) mass is 292 g/mol. The quantitative estimate of drug-likeness (QED) is 0.517. The van der Waals surface area contributed by atoms with Crippen LogP contribution in [0.15, 0.2) is 35.5 Å². The lowest BCUT2D eigenvalue weighted by Crippen LogP contribution is -2.14. The summed E-state index contributed by atoms with van der Waals surface area (Å²) in [5.41, 5.74) is -0.00452. The van der Waals surface area contributed by atoms with Crippen molar-refractivity contribution >= 4 is 34.2 Å². The Morgan fingerprint density at radius 3 is 2.80 bits per heavy atom. The average molecular weight is 292 g/mol. The van der Waals surface area contributed by atoms with Crippen LogP contribution in [0.1, 0.15) is 13.3 Å². The van der Waals surface area contributed by atoms with E-state index in [2.05, 4.69) is 4.98 Å². The number of benzene rings is 1. The molecular formula is C13H12N2O4S. The second-order valence-corrected chi connectivity index (χ2v) is 5.36. The second kappa shape index (κ2) is 5.87. The second-order valence-electron chi connectivity index (χ2n) is 4.11. The Balaban J connectivity index is 2.53. The number of thioether (sulfide) groups is 1. The maximum absolute atomic E-state index is 11.1. The molecule has 1 aromatic carbocycles. The van der Waals surface area contributed by atoms with Gasteiger partial charge in [-0.3, -0.25) is 19.9 Å². The van der Waals surface area contributed by atoms with Crippen molar-refractivity contribution < 1.29 is 14.8 Å². The van der Waals surface area contributed by atoms with Gasteiger partial charge in [0.25, 0.3) is 5.69 Å². The van der Waals surface area contributed by atoms with Crippen molar-refractivity contribution in [3.63, 3.8) is 0 Å². The summed E-state index contributed by atoms with van der Waals surface area (Å²) in [7, 11) is 0. The molecule has 7 heteroatoms. The van der Waals surface area contributed by atoms with Crippen molar-refractivity contribution in [1.82, 2.24) is 4.98 Å². The Labute approximate surface area is 119 Å². The summed E-state index contributed by atoms with van der Waals surface area (Å²) in [6.45, 7) is 1.79. The summed E-state index contributed by atoms with van der Waals surface area (Å²) in [5, 5.41) is 20.6. The lowest BCUT2D eigenvalue weighted by atomic mass is 10.1. The number of pyridine rings is 1. The van der Waals surface area contributed by atoms with Crippen LogP contribution in [0.2, 0.25) is 0 Å². The van der Waals surface area contributed by atoms with Crippen molar-refractivity contribution in [3.8, 4) is 0 Å². The topological polar surface area (TPSA) is 93.3 Å². The number of rotatable bonds is 5. The van der Waals surface area contributed by atoms with Crippen LogP contribution in [-0.4, -0.2) is 26.2 Å². The predicted octanol–water partition coefficient (Wildman–Crippen LogP) is 3.10. The molecule has 2 aromatic rings. The largest absolute Gasteiger partial charge is 0.480 e. The molecule has 0 saturated carbocycles. The first-order valence-corrected chi connectivity index (χ1v) is 6.83. The van der Waals surface area contributed by atoms with Gasteiger partial charge in [-0.2, -0.15) is 0 Å². The van der Waals surface area contributed by atoms with Crippen molar-refractivity contribution in [2.75, 3.05) is 0 Å². The van der Waals surface area contributed by atoms with E-state index in [0.29, 0.717) is 22.1 Å². The number of nitro benzene ring substituents is 1. The number of non-ortho nitro benzene ring substituents is 1. The van der Waals surface area contributed by atoms with E-state index in [1.54, 1.807) is 19.1 Å². The number of carboxylic acid groups (broad SMARTS) is 1. The molecule has 2 rings (SSSR count). The van der Waals surface area contributed by atoms with Gasteiger partial charge in [-0.25, -0.2) is 0 Å². The van der Waals surface area contributed by atoms with Gasteiger partial charge >= 0.3 is 5.97 Å². The molecule has 0 aliphatic rings. The maximum atomic E-state index is 11.1. The molecule has 0 aliphatic carbocycles. The molecular weight excluding hydrogens is 280 g/mol. The zero-order valence-electron chi connectivity index (χ0n) is 10.6. The number of carbonyl (C=O) groups is 1. The fourth-order valence-electron chi connectivity index (χ4n) is 1.87. The van der Waals surface area contributed by atoms with Gasteiger partial charge in [0.05, 0.1) is 10.3 Å². The van der Waals surface area contributed by atoms with Gasteiger partial charge in [0, 0.05) is 28.7 Å². The number of hydrogen-bond acceptors (Lipinski definition) is 5. The smallest absolute Gasteiger partial charge is 0.316 e. The molecule has 0 fully saturated rings. The van der Waals surface area contributed by atoms with Gasteiger partial charge < -0.3 is 5.11 Å². The molecule has 104 valence electrons. The highest BCUT2D eigenvalue weighted by Crippen LogP contribution is 2.35. The molecule has 1 atom stereocenters. The van der Waals surface area contributed by atoms with Gasteiger partial charge in [-0.05, 0) is 18.6 Å². The molecule has 0 aliphatic heterocycles. The number of hydrogen-bond donors (Lipinski definition) is 1. The van der Waals surface area contributed by atoms with Gasteiger partial charge in [0.1, 0.15) is 5.25 Å². The normalized spacial score (nSPS) is 12.2. The summed E-state index contributed by atoms with van der Waals surface area (Å²) in [6, 6.07) is 4.55. The number of aromatic nitrogens is 1. The minimum Gasteiger partial charge on any atom is -0.480 e. The van der Waals surface area contributed by atoms with E-state index in [9.17, 15) is 14.9 Å². The Bertz CT molecular complexity index is 674. The van der Waals surface area contributed by atoms with E-state index < -0.39 is 16.1 Å². The average Bonchev–Trinajstić information content (AvgIpc) is 2.43. The summed E-state index contributed by atoms with van der Waals surface area (Å²) in [5.74, 6) is -0.895. The van der Waals surface area contributed by atoms with Crippen LogP contribution in [-0.2, 0) is 4.79 Å². The number of nitrogens with zero attached hydrogens (tertiary/aromatic N) is 2. The minimum absolute atomic E-state index is 0.00452. The standard InChI is InChI=1S/C13H12N2O4S/c1-2-11(13(16)17)20-12-4-3-10(15(18)19)8-5-6-14-7-9(8)12/h3-7,11H,2H2,1H3,(H,16,17). The Morgan fingerprint density at radius 2 is 2.20 bits per heavy atom. The third kappa shape index (κ3) is 2.72. The van der Waals surface area contributed by atoms with E-state index in [4.69, 9.17) is 5.11 Å². The van der Waals surface area contributed by atoms with Gasteiger partial charge in [-0.15, -0.1) is 11.8 Å². The zero-order chi connectivity index (χ0) is 14.7. The molecule has 0 spiro atoms. The zero-order valence-corrected chi connectivity index (χ0v) is 11.5. The highest BCUT2D eigenvalue weighted by atomic mass is 32.2. The number of nitro groups is 1. The van der Waals surface area contributed by atoms with E-state index in [0.717, 1.165) is 0 Å². The van der Waals surface area contributed by atoms with Gasteiger partial charge in [-0.1, -0.05) is 6.92 Å². The molecule has 1 aromatic heterocycles. The van der Waals surface area contributed by atoms with Crippen LogP contribution in [0, 0.1) is 10.1 Å². The number of aliphatic carboxylic acids is 1. The Morgan fingerprint density at radius 1 is 1.45 bits per heavy atom. The third-order valence-electron chi connectivity index (χ3n) is 2.87. The first-order valence-electron chi connectivity index (χ1n) is 5.95. The van der Waals surface area contributed by atoms with Crippen LogP contribution in [0.4, 0.5) is 5.69 Å². The number of carboxylic acids is 1. The molecule has 1 heterocycles. The van der Waals surface area contributed by atoms with Crippen LogP contribution >= 0.6 is 11.8 Å². The molecule has 0 bridgehead atoms. The highest BCUT2D eigenvalue weighted by molar-refractivity contribution is 8.00. The van der Waals surface area contributed by atoms with Crippen molar-refractivity contribution in [1.29, 1.82) is 0 Å². The third-order valence-corrected chi connectivity index (χ3v) is 4.30. The first-order chi connectivity index (χ1) is 9.54. The summed E-state index contributed by atoms with van der Waals surface area (Å²) in [4.78, 5) is 26.3. The Hall–Kier alpha value is -2.15. The lowest BCUT2D eigenvalue weighted by molar-refractivity contribution is -0.383. The van der Waals surface area contributed by atoms with Crippen LogP contribution in [0.3, 0.4) is 0 Å². The lowest BCUT2D eigenvalue weighted by Gasteiger charge is -2.11. The van der Waals surface area contributed by atoms with Crippen LogP contribution in [0.5, 0.6) is 0 Å². The van der Waals surface area contributed by atoms with Crippen molar-refractivity contribution in [2.24, 2.45) is 0 Å². The van der Waals surface area contributed by atoms with E-state index in [1.807, 2.05) is 0 Å².